The SMILES string of the molecule is CCOC(=O)C1=C(N)O/C(=C(\Br)C(=O)c2ccc(Br)cc2)C1=O. The van der Waals surface area contributed by atoms with Crippen LogP contribution in [0.15, 0.2) is 50.4 Å². The van der Waals surface area contributed by atoms with Crippen LogP contribution in [-0.2, 0) is 19.1 Å². The minimum Gasteiger partial charge on any atom is -0.462 e. The second-order valence-electron chi connectivity index (χ2n) is 4.37. The van der Waals surface area contributed by atoms with E-state index in [-0.39, 0.29) is 22.7 Å². The number of carbonyl (C=O) groups is 3. The summed E-state index contributed by atoms with van der Waals surface area (Å²) in [5.74, 6) is -2.87. The Bertz CT molecular complexity index is 750. The van der Waals surface area contributed by atoms with E-state index in [1.165, 1.54) is 0 Å². The van der Waals surface area contributed by atoms with Gasteiger partial charge in [-0.15, -0.1) is 0 Å². The number of benzene rings is 1. The second kappa shape index (κ2) is 7.10. The van der Waals surface area contributed by atoms with Gasteiger partial charge in [0.2, 0.25) is 17.4 Å². The number of hydrogen-bond acceptors (Lipinski definition) is 6. The van der Waals surface area contributed by atoms with Crippen LogP contribution in [0.5, 0.6) is 0 Å². The monoisotopic (exact) mass is 443 g/mol. The van der Waals surface area contributed by atoms with Crippen molar-refractivity contribution in [1.82, 2.24) is 0 Å². The lowest BCUT2D eigenvalue weighted by atomic mass is 10.1. The first kappa shape index (κ1) is 17.4. The molecule has 1 aromatic rings. The molecule has 1 heterocycles. The molecule has 0 aromatic heterocycles. The molecular formula is C15H11Br2NO5. The molecule has 0 radical (unpaired) electrons. The number of Topliss-reactive ketones (excluding diaryl/α,β-unsaturated/α-hetero) is 2. The molecule has 0 saturated heterocycles. The predicted molar refractivity (Wildman–Crippen MR) is 88.4 cm³/mol. The van der Waals surface area contributed by atoms with E-state index in [4.69, 9.17) is 15.2 Å². The summed E-state index contributed by atoms with van der Waals surface area (Å²) in [7, 11) is 0. The topological polar surface area (TPSA) is 95.7 Å². The van der Waals surface area contributed by atoms with Gasteiger partial charge in [0.05, 0.1) is 6.61 Å². The minimum absolute atomic E-state index is 0.0843. The molecule has 6 nitrogen and oxygen atoms in total. The molecule has 2 rings (SSSR count). The van der Waals surface area contributed by atoms with Crippen LogP contribution in [0.25, 0.3) is 0 Å². The van der Waals surface area contributed by atoms with E-state index in [9.17, 15) is 14.4 Å². The fourth-order valence-corrected chi connectivity index (χ4v) is 2.56. The standard InChI is InChI=1S/C15H11Br2NO5/c1-2-22-15(21)9-12(20)13(23-14(9)18)10(17)11(19)7-3-5-8(16)6-4-7/h3-6H,2,18H2,1H3/b13-10-. The maximum atomic E-state index is 12.4. The van der Waals surface area contributed by atoms with Crippen LogP contribution in [0, 0.1) is 0 Å². The van der Waals surface area contributed by atoms with Crippen LogP contribution in [0.1, 0.15) is 17.3 Å². The molecule has 120 valence electrons. The van der Waals surface area contributed by atoms with E-state index in [0.29, 0.717) is 5.56 Å². The maximum Gasteiger partial charge on any atom is 0.347 e. The molecule has 1 aliphatic rings. The number of esters is 1. The summed E-state index contributed by atoms with van der Waals surface area (Å²) < 4.78 is 10.5. The van der Waals surface area contributed by atoms with Crippen molar-refractivity contribution < 1.29 is 23.9 Å². The summed E-state index contributed by atoms with van der Waals surface area (Å²) in [4.78, 5) is 36.3. The van der Waals surface area contributed by atoms with E-state index >= 15 is 0 Å². The van der Waals surface area contributed by atoms with Crippen LogP contribution >= 0.6 is 31.9 Å². The molecule has 0 saturated carbocycles. The van der Waals surface area contributed by atoms with Crippen molar-refractivity contribution >= 4 is 49.4 Å². The van der Waals surface area contributed by atoms with Crippen molar-refractivity contribution in [2.75, 3.05) is 6.61 Å². The lowest BCUT2D eigenvalue weighted by Crippen LogP contribution is -2.16. The number of hydrogen-bond donors (Lipinski definition) is 1. The summed E-state index contributed by atoms with van der Waals surface area (Å²) in [5, 5.41) is 0. The Hall–Kier alpha value is -1.93. The molecule has 23 heavy (non-hydrogen) atoms. The highest BCUT2D eigenvalue weighted by atomic mass is 79.9. The highest BCUT2D eigenvalue weighted by Gasteiger charge is 2.38. The zero-order chi connectivity index (χ0) is 17.1. The van der Waals surface area contributed by atoms with Crippen molar-refractivity contribution in [1.29, 1.82) is 0 Å². The maximum absolute atomic E-state index is 12.4. The van der Waals surface area contributed by atoms with Gasteiger partial charge in [0, 0.05) is 10.0 Å². The first-order valence-corrected chi connectivity index (χ1v) is 8.04. The molecule has 0 atom stereocenters. The number of carbonyl (C=O) groups excluding carboxylic acids is 3. The zero-order valence-electron chi connectivity index (χ0n) is 11.9. The number of halogens is 2. The van der Waals surface area contributed by atoms with Crippen LogP contribution in [-0.4, -0.2) is 24.1 Å². The molecule has 0 aliphatic carbocycles. The first-order valence-electron chi connectivity index (χ1n) is 6.46. The molecule has 2 N–H and O–H groups in total. The number of ether oxygens (including phenoxy) is 2. The fraction of sp³-hybridized carbons (Fsp3) is 0.133. The molecule has 8 heteroatoms. The molecule has 1 aliphatic heterocycles. The van der Waals surface area contributed by atoms with Gasteiger partial charge in [0.1, 0.15) is 4.48 Å². The molecule has 0 fully saturated rings. The van der Waals surface area contributed by atoms with E-state index in [2.05, 4.69) is 31.9 Å². The number of nitrogens with two attached hydrogens (primary N) is 1. The van der Waals surface area contributed by atoms with Gasteiger partial charge in [-0.2, -0.15) is 0 Å². The molecule has 0 bridgehead atoms. The summed E-state index contributed by atoms with van der Waals surface area (Å²) in [6, 6.07) is 6.53. The average Bonchev–Trinajstić information content (AvgIpc) is 2.81. The zero-order valence-corrected chi connectivity index (χ0v) is 15.1. The van der Waals surface area contributed by atoms with Crippen LogP contribution in [0.3, 0.4) is 0 Å². The normalized spacial score (nSPS) is 16.2. The Morgan fingerprint density at radius 1 is 1.26 bits per heavy atom. The third kappa shape index (κ3) is 3.53. The lowest BCUT2D eigenvalue weighted by molar-refractivity contribution is -0.139. The molecule has 0 unspecified atom stereocenters. The van der Waals surface area contributed by atoms with Gasteiger partial charge in [0.15, 0.2) is 11.3 Å². The number of rotatable bonds is 4. The molecule has 1 aromatic carbocycles. The second-order valence-corrected chi connectivity index (χ2v) is 6.08. The third-order valence-electron chi connectivity index (χ3n) is 2.88. The first-order chi connectivity index (χ1) is 10.9. The van der Waals surface area contributed by atoms with Gasteiger partial charge in [-0.3, -0.25) is 9.59 Å². The Morgan fingerprint density at radius 3 is 2.43 bits per heavy atom. The predicted octanol–water partition coefficient (Wildman–Crippen LogP) is 2.57. The third-order valence-corrected chi connectivity index (χ3v) is 4.13. The smallest absolute Gasteiger partial charge is 0.347 e. The van der Waals surface area contributed by atoms with Gasteiger partial charge < -0.3 is 15.2 Å². The van der Waals surface area contributed by atoms with Crippen molar-refractivity contribution in [3.63, 3.8) is 0 Å². The molecular weight excluding hydrogens is 434 g/mol. The van der Waals surface area contributed by atoms with E-state index in [1.807, 2.05) is 0 Å². The van der Waals surface area contributed by atoms with Crippen molar-refractivity contribution in [2.45, 2.75) is 6.92 Å². The van der Waals surface area contributed by atoms with Crippen molar-refractivity contribution in [3.8, 4) is 0 Å². The number of allylic oxidation sites excluding steroid dienone is 2. The summed E-state index contributed by atoms with van der Waals surface area (Å²) in [5.41, 5.74) is 5.48. The van der Waals surface area contributed by atoms with Crippen molar-refractivity contribution in [2.24, 2.45) is 5.73 Å². The van der Waals surface area contributed by atoms with Crippen LogP contribution in [0.2, 0.25) is 0 Å². The van der Waals surface area contributed by atoms with E-state index in [0.717, 1.165) is 4.47 Å². The largest absolute Gasteiger partial charge is 0.462 e. The van der Waals surface area contributed by atoms with Gasteiger partial charge in [-0.1, -0.05) is 15.9 Å². The summed E-state index contributed by atoms with van der Waals surface area (Å²) in [6.45, 7) is 1.68. The average molecular weight is 445 g/mol. The van der Waals surface area contributed by atoms with Gasteiger partial charge in [0.25, 0.3) is 0 Å². The van der Waals surface area contributed by atoms with E-state index < -0.39 is 23.1 Å². The highest BCUT2D eigenvalue weighted by Crippen LogP contribution is 2.29. The fourth-order valence-electron chi connectivity index (χ4n) is 1.80. The minimum atomic E-state index is -0.888. The van der Waals surface area contributed by atoms with Gasteiger partial charge >= 0.3 is 5.97 Å². The van der Waals surface area contributed by atoms with Crippen LogP contribution in [0.4, 0.5) is 0 Å². The highest BCUT2D eigenvalue weighted by molar-refractivity contribution is 9.12. The Morgan fingerprint density at radius 2 is 1.87 bits per heavy atom. The Kier molecular flexibility index (Phi) is 5.38. The van der Waals surface area contributed by atoms with Gasteiger partial charge in [-0.05, 0) is 47.1 Å². The Balaban J connectivity index is 2.33. The number of ketones is 2. The quantitative estimate of drug-likeness (QED) is 0.332. The Labute approximate surface area is 148 Å². The summed E-state index contributed by atoms with van der Waals surface area (Å²) >= 11 is 6.31. The molecule has 0 spiro atoms. The summed E-state index contributed by atoms with van der Waals surface area (Å²) in [6.07, 6.45) is 0. The van der Waals surface area contributed by atoms with Crippen LogP contribution < -0.4 is 5.73 Å². The molecule has 0 amide bonds. The van der Waals surface area contributed by atoms with E-state index in [1.54, 1.807) is 31.2 Å². The van der Waals surface area contributed by atoms with Crippen molar-refractivity contribution in [3.05, 3.63) is 56.0 Å². The van der Waals surface area contributed by atoms with Gasteiger partial charge in [-0.25, -0.2) is 4.79 Å². The lowest BCUT2D eigenvalue weighted by Gasteiger charge is -2.04.